The minimum atomic E-state index is -5.84. The Morgan fingerprint density at radius 3 is 1.68 bits per heavy atom. The van der Waals surface area contributed by atoms with Crippen LogP contribution in [0.2, 0.25) is 0 Å². The van der Waals surface area contributed by atoms with Crippen molar-refractivity contribution in [3.8, 4) is 0 Å². The summed E-state index contributed by atoms with van der Waals surface area (Å²) in [6, 6.07) is 8.53. The summed E-state index contributed by atoms with van der Waals surface area (Å²) in [6.07, 6.45) is 0. The highest BCUT2D eigenvalue weighted by Gasteiger charge is 2.44. The molecule has 0 aliphatic carbocycles. The van der Waals surface area contributed by atoms with Gasteiger partial charge in [0.25, 0.3) is 0 Å². The predicted octanol–water partition coefficient (Wildman–Crippen LogP) is 3.98. The van der Waals surface area contributed by atoms with Gasteiger partial charge in [-0.05, 0) is 39.6 Å². The van der Waals surface area contributed by atoms with E-state index in [9.17, 15) is 13.2 Å². The summed E-state index contributed by atoms with van der Waals surface area (Å²) in [7, 11) is -5.84. The maximum Gasteiger partial charge on any atom is 0.522 e. The second-order valence-electron chi connectivity index (χ2n) is 4.65. The Balaban J connectivity index is 0.000000362. The molecule has 1 aromatic rings. The Morgan fingerprint density at radius 2 is 1.47 bits per heavy atom. The van der Waals surface area contributed by atoms with Gasteiger partial charge in [-0.3, -0.25) is 4.55 Å². The molecule has 0 spiro atoms. The molecule has 0 radical (unpaired) electrons. The Kier molecular flexibility index (Phi) is 6.28. The van der Waals surface area contributed by atoms with Crippen LogP contribution in [0.25, 0.3) is 0 Å². The molecular formula is C11H14F3IO3S. The van der Waals surface area contributed by atoms with Gasteiger partial charge in [-0.1, -0.05) is 39.0 Å². The summed E-state index contributed by atoms with van der Waals surface area (Å²) in [5.74, 6) is 0. The maximum absolute atomic E-state index is 10.7. The third-order valence-electron chi connectivity index (χ3n) is 1.97. The van der Waals surface area contributed by atoms with E-state index < -0.39 is 15.6 Å². The van der Waals surface area contributed by atoms with Gasteiger partial charge >= 0.3 is 15.6 Å². The summed E-state index contributed by atoms with van der Waals surface area (Å²) in [4.78, 5) is 0. The summed E-state index contributed by atoms with van der Waals surface area (Å²) >= 11 is 2.39. The van der Waals surface area contributed by atoms with E-state index in [0.717, 1.165) is 0 Å². The zero-order valence-electron chi connectivity index (χ0n) is 10.5. The van der Waals surface area contributed by atoms with Crippen LogP contribution in [0.1, 0.15) is 26.3 Å². The number of benzene rings is 1. The van der Waals surface area contributed by atoms with Gasteiger partial charge in [0, 0.05) is 3.57 Å². The van der Waals surface area contributed by atoms with Crippen LogP contribution in [0.5, 0.6) is 0 Å². The van der Waals surface area contributed by atoms with E-state index >= 15 is 0 Å². The highest BCUT2D eigenvalue weighted by molar-refractivity contribution is 14.1. The van der Waals surface area contributed by atoms with Crippen molar-refractivity contribution in [2.75, 3.05) is 0 Å². The van der Waals surface area contributed by atoms with Crippen LogP contribution in [0.4, 0.5) is 13.2 Å². The van der Waals surface area contributed by atoms with Gasteiger partial charge in [0.05, 0.1) is 0 Å². The van der Waals surface area contributed by atoms with Crippen molar-refractivity contribution in [3.63, 3.8) is 0 Å². The summed E-state index contributed by atoms with van der Waals surface area (Å²) < 4.78 is 58.9. The third kappa shape index (κ3) is 6.57. The van der Waals surface area contributed by atoms with Crippen LogP contribution in [-0.2, 0) is 15.5 Å². The van der Waals surface area contributed by atoms with Crippen LogP contribution < -0.4 is 0 Å². The summed E-state index contributed by atoms with van der Waals surface area (Å²) in [6.45, 7) is 6.72. The van der Waals surface area contributed by atoms with E-state index in [0.29, 0.717) is 0 Å². The minimum absolute atomic E-state index is 0.276. The van der Waals surface area contributed by atoms with E-state index in [2.05, 4.69) is 67.6 Å². The standard InChI is InChI=1S/C10H13I.CHF3O3S/c1-10(2,3)8-6-4-5-7-9(8)11;2-1(3,4)8(5,6)7/h4-7H,1-3H3;(H,5,6,7). The quantitative estimate of drug-likeness (QED) is 0.400. The molecule has 1 aromatic carbocycles. The smallest absolute Gasteiger partial charge is 0.279 e. The van der Waals surface area contributed by atoms with E-state index in [1.165, 1.54) is 9.13 Å². The van der Waals surface area contributed by atoms with Gasteiger partial charge in [0.1, 0.15) is 0 Å². The fraction of sp³-hybridized carbons (Fsp3) is 0.455. The van der Waals surface area contributed by atoms with Gasteiger partial charge in [-0.15, -0.1) is 0 Å². The Labute approximate surface area is 124 Å². The summed E-state index contributed by atoms with van der Waals surface area (Å²) in [5, 5.41) is 0. The van der Waals surface area contributed by atoms with E-state index in [-0.39, 0.29) is 5.41 Å². The molecule has 19 heavy (non-hydrogen) atoms. The van der Waals surface area contributed by atoms with Gasteiger partial charge in [-0.25, -0.2) is 0 Å². The first-order valence-electron chi connectivity index (χ1n) is 5.05. The predicted molar refractivity (Wildman–Crippen MR) is 75.5 cm³/mol. The first-order valence-corrected chi connectivity index (χ1v) is 7.57. The van der Waals surface area contributed by atoms with Crippen LogP contribution in [0.15, 0.2) is 24.3 Å². The van der Waals surface area contributed by atoms with Gasteiger partial charge in [-0.2, -0.15) is 21.6 Å². The van der Waals surface area contributed by atoms with E-state index in [4.69, 9.17) is 13.0 Å². The highest BCUT2D eigenvalue weighted by Crippen LogP contribution is 2.26. The average Bonchev–Trinajstić information content (AvgIpc) is 2.14. The van der Waals surface area contributed by atoms with Crippen molar-refractivity contribution in [2.45, 2.75) is 31.7 Å². The topological polar surface area (TPSA) is 54.4 Å². The van der Waals surface area contributed by atoms with Crippen LogP contribution in [-0.4, -0.2) is 18.5 Å². The zero-order valence-corrected chi connectivity index (χ0v) is 13.5. The molecule has 0 aromatic heterocycles. The lowest BCUT2D eigenvalue weighted by Gasteiger charge is -2.20. The molecule has 0 bridgehead atoms. The number of alkyl halides is 3. The second kappa shape index (κ2) is 6.40. The molecule has 0 saturated carbocycles. The van der Waals surface area contributed by atoms with Gasteiger partial charge < -0.3 is 0 Å². The maximum atomic E-state index is 10.7. The van der Waals surface area contributed by atoms with Crippen LogP contribution in [0.3, 0.4) is 0 Å². The molecule has 1 rings (SSSR count). The number of hydrogen-bond donors (Lipinski definition) is 1. The Morgan fingerprint density at radius 1 is 1.11 bits per heavy atom. The minimum Gasteiger partial charge on any atom is -0.279 e. The molecule has 0 fully saturated rings. The zero-order chi connectivity index (χ0) is 15.5. The second-order valence-corrected chi connectivity index (χ2v) is 7.23. The molecule has 0 aliphatic heterocycles. The molecule has 0 heterocycles. The molecule has 0 aliphatic rings. The van der Waals surface area contributed by atoms with Crippen molar-refractivity contribution < 1.29 is 26.1 Å². The normalized spacial score (nSPS) is 12.6. The largest absolute Gasteiger partial charge is 0.522 e. The molecular weight excluding hydrogens is 396 g/mol. The fourth-order valence-electron chi connectivity index (χ4n) is 1.07. The number of hydrogen-bond acceptors (Lipinski definition) is 2. The molecule has 0 atom stereocenters. The van der Waals surface area contributed by atoms with Gasteiger partial charge in [0.15, 0.2) is 0 Å². The number of halogens is 4. The van der Waals surface area contributed by atoms with Crippen LogP contribution >= 0.6 is 22.6 Å². The SMILES string of the molecule is CC(C)(C)c1ccccc1I.O=S(=O)(O)C(F)(F)F. The van der Waals surface area contributed by atoms with Gasteiger partial charge in [0.2, 0.25) is 0 Å². The highest BCUT2D eigenvalue weighted by atomic mass is 127. The van der Waals surface area contributed by atoms with E-state index in [1.54, 1.807) is 0 Å². The molecule has 0 amide bonds. The van der Waals surface area contributed by atoms with Crippen molar-refractivity contribution >= 4 is 32.7 Å². The lowest BCUT2D eigenvalue weighted by Crippen LogP contribution is -2.21. The lowest BCUT2D eigenvalue weighted by molar-refractivity contribution is -0.0510. The third-order valence-corrected chi connectivity index (χ3v) is 3.50. The van der Waals surface area contributed by atoms with Crippen molar-refractivity contribution in [3.05, 3.63) is 33.4 Å². The van der Waals surface area contributed by atoms with E-state index in [1.807, 2.05) is 0 Å². The molecule has 3 nitrogen and oxygen atoms in total. The van der Waals surface area contributed by atoms with Crippen molar-refractivity contribution in [2.24, 2.45) is 0 Å². The Bertz CT molecular complexity index is 519. The Hall–Kier alpha value is -0.350. The molecule has 8 heteroatoms. The first kappa shape index (κ1) is 18.7. The molecule has 1 N–H and O–H groups in total. The molecule has 0 unspecified atom stereocenters. The average molecular weight is 410 g/mol. The summed E-state index contributed by atoms with van der Waals surface area (Å²) in [5.41, 5.74) is -3.83. The van der Waals surface area contributed by atoms with Crippen molar-refractivity contribution in [1.82, 2.24) is 0 Å². The monoisotopic (exact) mass is 410 g/mol. The van der Waals surface area contributed by atoms with Crippen molar-refractivity contribution in [1.29, 1.82) is 0 Å². The van der Waals surface area contributed by atoms with Crippen LogP contribution in [0, 0.1) is 3.57 Å². The first-order chi connectivity index (χ1) is 8.27. The lowest BCUT2D eigenvalue weighted by atomic mass is 9.87. The fourth-order valence-corrected chi connectivity index (χ4v) is 2.27. The number of rotatable bonds is 0. The molecule has 110 valence electrons. The molecule has 0 saturated heterocycles.